The van der Waals surface area contributed by atoms with E-state index in [1.54, 1.807) is 32.2 Å². The van der Waals surface area contributed by atoms with E-state index in [9.17, 15) is 14.4 Å². The number of esters is 1. The molecule has 2 aliphatic rings. The van der Waals surface area contributed by atoms with Gasteiger partial charge in [-0.05, 0) is 43.7 Å². The molecule has 200 valence electrons. The molecule has 3 heterocycles. The van der Waals surface area contributed by atoms with Gasteiger partial charge in [-0.15, -0.1) is 0 Å². The number of nitrogens with zero attached hydrogens (tertiary/aromatic N) is 2. The van der Waals surface area contributed by atoms with Gasteiger partial charge in [-0.1, -0.05) is 65.4 Å². The monoisotopic (exact) mass is 551 g/mol. The second-order valence-corrected chi connectivity index (χ2v) is 10.4. The number of aryl methyl sites for hydroxylation is 1. The Morgan fingerprint density at radius 2 is 1.85 bits per heavy atom. The van der Waals surface area contributed by atoms with Gasteiger partial charge < -0.3 is 14.8 Å². The smallest absolute Gasteiger partial charge is 0.338 e. The van der Waals surface area contributed by atoms with Gasteiger partial charge in [0.2, 0.25) is 0 Å². The number of hydrogen-bond donors (Lipinski definition) is 1. The Labute approximate surface area is 233 Å². The molecule has 4 aromatic rings. The number of methoxy groups -OCH3 is 1. The highest BCUT2D eigenvalue weighted by Crippen LogP contribution is 2.36. The van der Waals surface area contributed by atoms with E-state index in [2.05, 4.69) is 5.32 Å². The lowest BCUT2D eigenvalue weighted by atomic mass is 9.93. The lowest BCUT2D eigenvalue weighted by Crippen LogP contribution is -2.40. The molecule has 1 N–H and O–H groups in total. The van der Waals surface area contributed by atoms with E-state index >= 15 is 0 Å². The standard InChI is InChI=1S/C31H25N3O5S/c1-4-39-30(37)24-25(18-9-6-5-7-10-18)33-31-34(26(24)19-11-8-12-20(16-19)38-3)29(36)27(40-31)23-21-15-17(2)13-14-22(21)32-28(23)35/h5-16,26H,4H2,1-3H3,(H,32,35)/b27-23-/t26-/m1/s1. The third-order valence-electron chi connectivity index (χ3n) is 6.91. The van der Waals surface area contributed by atoms with Crippen LogP contribution in [0.15, 0.2) is 88.2 Å². The highest BCUT2D eigenvalue weighted by atomic mass is 32.1. The van der Waals surface area contributed by atoms with Crippen molar-refractivity contribution in [3.05, 3.63) is 120 Å². The van der Waals surface area contributed by atoms with E-state index in [-0.39, 0.29) is 22.6 Å². The van der Waals surface area contributed by atoms with Crippen molar-refractivity contribution in [1.82, 2.24) is 4.57 Å². The number of carbonyl (C=O) groups is 2. The molecule has 1 aromatic heterocycles. The highest BCUT2D eigenvalue weighted by Gasteiger charge is 2.36. The van der Waals surface area contributed by atoms with Crippen LogP contribution in [-0.2, 0) is 14.3 Å². The molecule has 8 nitrogen and oxygen atoms in total. The molecule has 0 unspecified atom stereocenters. The molecule has 0 fully saturated rings. The lowest BCUT2D eigenvalue weighted by molar-refractivity contribution is -0.138. The second-order valence-electron chi connectivity index (χ2n) is 9.41. The van der Waals surface area contributed by atoms with Crippen LogP contribution in [0.4, 0.5) is 5.69 Å². The lowest BCUT2D eigenvalue weighted by Gasteiger charge is -2.26. The SMILES string of the molecule is CCOC(=O)C1=C(c2ccccc2)N=c2s/c(=C3\C(=O)Nc4ccc(C)cc43)c(=O)n2[C@@H]1c1cccc(OC)c1. The van der Waals surface area contributed by atoms with Crippen molar-refractivity contribution < 1.29 is 19.1 Å². The summed E-state index contributed by atoms with van der Waals surface area (Å²) in [5.74, 6) is -0.351. The molecule has 1 amide bonds. The average molecular weight is 552 g/mol. The fraction of sp³-hybridized carbons (Fsp3) is 0.161. The first-order valence-electron chi connectivity index (χ1n) is 12.8. The van der Waals surface area contributed by atoms with Crippen molar-refractivity contribution in [2.75, 3.05) is 19.0 Å². The number of rotatable bonds is 5. The largest absolute Gasteiger partial charge is 0.497 e. The molecule has 0 saturated heterocycles. The summed E-state index contributed by atoms with van der Waals surface area (Å²) in [6, 6.07) is 21.3. The third kappa shape index (κ3) is 4.15. The Morgan fingerprint density at radius 1 is 1.05 bits per heavy atom. The zero-order valence-electron chi connectivity index (χ0n) is 22.1. The summed E-state index contributed by atoms with van der Waals surface area (Å²) < 4.78 is 12.7. The van der Waals surface area contributed by atoms with E-state index in [1.165, 1.54) is 4.57 Å². The Kier molecular flexibility index (Phi) is 6.43. The van der Waals surface area contributed by atoms with Gasteiger partial charge in [0.25, 0.3) is 11.5 Å². The number of ether oxygens (including phenoxy) is 2. The molecule has 0 radical (unpaired) electrons. The van der Waals surface area contributed by atoms with Gasteiger partial charge >= 0.3 is 5.97 Å². The number of thiazole rings is 1. The highest BCUT2D eigenvalue weighted by molar-refractivity contribution is 7.07. The van der Waals surface area contributed by atoms with Gasteiger partial charge in [0, 0.05) is 16.8 Å². The quantitative estimate of drug-likeness (QED) is 0.383. The van der Waals surface area contributed by atoms with Crippen LogP contribution >= 0.6 is 11.3 Å². The summed E-state index contributed by atoms with van der Waals surface area (Å²) in [7, 11) is 1.56. The molecular formula is C31H25N3O5S. The molecule has 0 bridgehead atoms. The molecule has 1 atom stereocenters. The summed E-state index contributed by atoms with van der Waals surface area (Å²) >= 11 is 1.13. The molecule has 6 rings (SSSR count). The van der Waals surface area contributed by atoms with Crippen LogP contribution in [0.25, 0.3) is 11.3 Å². The molecular weight excluding hydrogens is 526 g/mol. The molecule has 0 saturated carbocycles. The maximum absolute atomic E-state index is 14.3. The van der Waals surface area contributed by atoms with Crippen molar-refractivity contribution >= 4 is 40.2 Å². The van der Waals surface area contributed by atoms with Crippen LogP contribution in [-0.4, -0.2) is 30.2 Å². The summed E-state index contributed by atoms with van der Waals surface area (Å²) in [5, 5.41) is 2.87. The number of carbonyl (C=O) groups excluding carboxylic acids is 2. The Morgan fingerprint density at radius 3 is 2.60 bits per heavy atom. The van der Waals surface area contributed by atoms with Gasteiger partial charge in [-0.2, -0.15) is 0 Å². The zero-order chi connectivity index (χ0) is 28.0. The minimum absolute atomic E-state index is 0.153. The molecule has 2 aliphatic heterocycles. The van der Waals surface area contributed by atoms with Crippen LogP contribution < -0.4 is 24.9 Å². The van der Waals surface area contributed by atoms with E-state index in [0.717, 1.165) is 16.9 Å². The van der Waals surface area contributed by atoms with E-state index in [0.29, 0.717) is 44.2 Å². The van der Waals surface area contributed by atoms with Crippen LogP contribution in [0.2, 0.25) is 0 Å². The predicted octanol–water partition coefficient (Wildman–Crippen LogP) is 3.57. The summed E-state index contributed by atoms with van der Waals surface area (Å²) in [4.78, 5) is 46.3. The van der Waals surface area contributed by atoms with Gasteiger partial charge in [0.05, 0.1) is 36.6 Å². The van der Waals surface area contributed by atoms with Crippen molar-refractivity contribution in [2.24, 2.45) is 4.99 Å². The summed E-state index contributed by atoms with van der Waals surface area (Å²) in [5.41, 5.74) is 4.17. The average Bonchev–Trinajstić information content (AvgIpc) is 3.46. The fourth-order valence-electron chi connectivity index (χ4n) is 5.12. The van der Waals surface area contributed by atoms with Crippen LogP contribution in [0, 0.1) is 6.92 Å². The number of anilines is 1. The van der Waals surface area contributed by atoms with Gasteiger partial charge in [0.15, 0.2) is 4.80 Å². The first-order valence-corrected chi connectivity index (χ1v) is 13.6. The van der Waals surface area contributed by atoms with E-state index in [4.69, 9.17) is 14.5 Å². The fourth-order valence-corrected chi connectivity index (χ4v) is 6.22. The minimum atomic E-state index is -0.864. The number of fused-ring (bicyclic) bond motifs is 2. The van der Waals surface area contributed by atoms with Gasteiger partial charge in [0.1, 0.15) is 10.3 Å². The maximum atomic E-state index is 14.3. The molecule has 40 heavy (non-hydrogen) atoms. The maximum Gasteiger partial charge on any atom is 0.338 e. The second kappa shape index (κ2) is 10.1. The van der Waals surface area contributed by atoms with Crippen molar-refractivity contribution in [2.45, 2.75) is 19.9 Å². The van der Waals surface area contributed by atoms with Gasteiger partial charge in [-0.3, -0.25) is 14.2 Å². The van der Waals surface area contributed by atoms with Crippen LogP contribution in [0.3, 0.4) is 0 Å². The first-order chi connectivity index (χ1) is 19.4. The van der Waals surface area contributed by atoms with Crippen molar-refractivity contribution in [3.63, 3.8) is 0 Å². The van der Waals surface area contributed by atoms with Crippen LogP contribution in [0.1, 0.15) is 35.2 Å². The van der Waals surface area contributed by atoms with Gasteiger partial charge in [-0.25, -0.2) is 9.79 Å². The van der Waals surface area contributed by atoms with E-state index < -0.39 is 17.6 Å². The summed E-state index contributed by atoms with van der Waals surface area (Å²) in [6.45, 7) is 3.82. The molecule has 0 aliphatic carbocycles. The Hall–Kier alpha value is -4.76. The first kappa shape index (κ1) is 25.5. The normalized spacial score (nSPS) is 17.1. The molecule has 9 heteroatoms. The molecule has 3 aromatic carbocycles. The Balaban J connectivity index is 1.72. The Bertz CT molecular complexity index is 1900. The summed E-state index contributed by atoms with van der Waals surface area (Å²) in [6.07, 6.45) is 0. The predicted molar refractivity (Wildman–Crippen MR) is 153 cm³/mol. The van der Waals surface area contributed by atoms with Crippen LogP contribution in [0.5, 0.6) is 5.75 Å². The zero-order valence-corrected chi connectivity index (χ0v) is 22.9. The molecule has 0 spiro atoms. The number of hydrogen-bond acceptors (Lipinski definition) is 7. The van der Waals surface area contributed by atoms with Crippen molar-refractivity contribution in [1.29, 1.82) is 0 Å². The third-order valence-corrected chi connectivity index (χ3v) is 7.96. The minimum Gasteiger partial charge on any atom is -0.497 e. The number of benzene rings is 3. The number of nitrogens with one attached hydrogen (secondary N) is 1. The van der Waals surface area contributed by atoms with Crippen molar-refractivity contribution in [3.8, 4) is 5.75 Å². The van der Waals surface area contributed by atoms with E-state index in [1.807, 2.05) is 61.5 Å². The number of amides is 1. The topological polar surface area (TPSA) is 99.0 Å². The number of aromatic nitrogens is 1.